The highest BCUT2D eigenvalue weighted by atomic mass is 32.1. The molecule has 0 saturated heterocycles. The van der Waals surface area contributed by atoms with Crippen molar-refractivity contribution in [1.82, 2.24) is 19.9 Å². The average Bonchev–Trinajstić information content (AvgIpc) is 3.08. The summed E-state index contributed by atoms with van der Waals surface area (Å²) in [6.45, 7) is 2.61. The molecule has 0 aliphatic carbocycles. The second-order valence-corrected chi connectivity index (χ2v) is 6.63. The number of amides is 1. The first-order valence-corrected chi connectivity index (χ1v) is 8.59. The highest BCUT2D eigenvalue weighted by Gasteiger charge is 2.08. The fourth-order valence-corrected chi connectivity index (χ4v) is 3.22. The van der Waals surface area contributed by atoms with E-state index in [1.807, 2.05) is 37.6 Å². The molecule has 2 aromatic heterocycles. The van der Waals surface area contributed by atoms with Gasteiger partial charge in [-0.2, -0.15) is 0 Å². The molecule has 0 fully saturated rings. The molecule has 23 heavy (non-hydrogen) atoms. The van der Waals surface area contributed by atoms with Crippen LogP contribution in [0.4, 0.5) is 0 Å². The minimum atomic E-state index is 0.0281. The number of aromatic nitrogens is 3. The van der Waals surface area contributed by atoms with Crippen molar-refractivity contribution in [3.05, 3.63) is 46.2 Å². The van der Waals surface area contributed by atoms with Gasteiger partial charge in [-0.05, 0) is 25.5 Å². The first kappa shape index (κ1) is 15.7. The fourth-order valence-electron chi connectivity index (χ4n) is 2.61. The van der Waals surface area contributed by atoms with E-state index in [9.17, 15) is 4.79 Å². The number of nitrogens with one attached hydrogen (secondary N) is 1. The summed E-state index contributed by atoms with van der Waals surface area (Å²) in [6, 6.07) is 8.12. The molecule has 3 aromatic rings. The van der Waals surface area contributed by atoms with E-state index in [1.54, 1.807) is 11.3 Å². The van der Waals surface area contributed by atoms with Gasteiger partial charge in [-0.3, -0.25) is 4.79 Å². The van der Waals surface area contributed by atoms with Crippen LogP contribution in [0.25, 0.3) is 11.0 Å². The van der Waals surface area contributed by atoms with Gasteiger partial charge < -0.3 is 9.88 Å². The second-order valence-electron chi connectivity index (χ2n) is 5.56. The minimum absolute atomic E-state index is 0.0281. The van der Waals surface area contributed by atoms with E-state index in [2.05, 4.69) is 25.9 Å². The largest absolute Gasteiger partial charge is 0.356 e. The molecule has 0 spiro atoms. The molecule has 6 heteroatoms. The molecule has 0 atom stereocenters. The van der Waals surface area contributed by atoms with Crippen molar-refractivity contribution in [3.63, 3.8) is 0 Å². The monoisotopic (exact) mass is 328 g/mol. The quantitative estimate of drug-likeness (QED) is 0.708. The lowest BCUT2D eigenvalue weighted by molar-refractivity contribution is -0.120. The molecular formula is C17H20N4OS. The maximum absolute atomic E-state index is 11.9. The molecule has 120 valence electrons. The molecule has 1 aromatic carbocycles. The van der Waals surface area contributed by atoms with Gasteiger partial charge in [0.15, 0.2) is 0 Å². The third-order valence-corrected chi connectivity index (χ3v) is 4.61. The van der Waals surface area contributed by atoms with Gasteiger partial charge in [0.25, 0.3) is 0 Å². The molecule has 0 aliphatic rings. The van der Waals surface area contributed by atoms with Crippen molar-refractivity contribution in [1.29, 1.82) is 0 Å². The van der Waals surface area contributed by atoms with Crippen molar-refractivity contribution in [3.8, 4) is 0 Å². The zero-order chi connectivity index (χ0) is 16.2. The predicted molar refractivity (Wildman–Crippen MR) is 92.6 cm³/mol. The first-order valence-electron chi connectivity index (χ1n) is 7.71. The summed E-state index contributed by atoms with van der Waals surface area (Å²) in [7, 11) is 2.04. The average molecular weight is 328 g/mol. The number of rotatable bonds is 6. The maximum atomic E-state index is 11.9. The lowest BCUT2D eigenvalue weighted by Crippen LogP contribution is -2.26. The van der Waals surface area contributed by atoms with E-state index < -0.39 is 0 Å². The van der Waals surface area contributed by atoms with Crippen LogP contribution in [0.3, 0.4) is 0 Å². The van der Waals surface area contributed by atoms with Crippen LogP contribution >= 0.6 is 11.3 Å². The van der Waals surface area contributed by atoms with Gasteiger partial charge >= 0.3 is 0 Å². The summed E-state index contributed by atoms with van der Waals surface area (Å²) < 4.78 is 2.12. The van der Waals surface area contributed by atoms with Gasteiger partial charge in [-0.25, -0.2) is 9.97 Å². The predicted octanol–water partition coefficient (Wildman–Crippen LogP) is 2.63. The summed E-state index contributed by atoms with van der Waals surface area (Å²) in [6.07, 6.45) is 2.08. The molecular weight excluding hydrogens is 308 g/mol. The van der Waals surface area contributed by atoms with Crippen molar-refractivity contribution in [2.24, 2.45) is 7.05 Å². The molecule has 3 rings (SSSR count). The highest BCUT2D eigenvalue weighted by molar-refractivity contribution is 7.09. The molecule has 0 saturated carbocycles. The lowest BCUT2D eigenvalue weighted by Gasteiger charge is -2.05. The van der Waals surface area contributed by atoms with Crippen molar-refractivity contribution >= 4 is 28.3 Å². The van der Waals surface area contributed by atoms with Crippen molar-refractivity contribution < 1.29 is 4.79 Å². The number of hydrogen-bond donors (Lipinski definition) is 1. The van der Waals surface area contributed by atoms with Crippen LogP contribution < -0.4 is 5.32 Å². The third-order valence-electron chi connectivity index (χ3n) is 3.79. The number of fused-ring (bicyclic) bond motifs is 1. The number of carbonyl (C=O) groups excluding carboxylic acids is 1. The van der Waals surface area contributed by atoms with E-state index in [1.165, 1.54) is 0 Å². The molecule has 0 unspecified atom stereocenters. The molecule has 1 amide bonds. The van der Waals surface area contributed by atoms with Crippen LogP contribution in [0.2, 0.25) is 0 Å². The van der Waals surface area contributed by atoms with Crippen molar-refractivity contribution in [2.75, 3.05) is 6.54 Å². The maximum Gasteiger partial charge on any atom is 0.226 e. The summed E-state index contributed by atoms with van der Waals surface area (Å²) in [5, 5.41) is 5.89. The topological polar surface area (TPSA) is 59.8 Å². The number of thiazole rings is 1. The first-order chi connectivity index (χ1) is 11.1. The zero-order valence-corrected chi connectivity index (χ0v) is 14.2. The van der Waals surface area contributed by atoms with E-state index >= 15 is 0 Å². The van der Waals surface area contributed by atoms with E-state index in [-0.39, 0.29) is 5.91 Å². The molecule has 0 aliphatic heterocycles. The summed E-state index contributed by atoms with van der Waals surface area (Å²) in [5.74, 6) is 1.08. The normalized spacial score (nSPS) is 11.0. The van der Waals surface area contributed by atoms with E-state index in [0.717, 1.165) is 40.4 Å². The standard InChI is InChI=1S/C17H20N4OS/c1-12-19-13(11-23-12)10-17(22)18-9-5-8-16-20-14-6-3-4-7-15(14)21(16)2/h3-4,6-7,11H,5,8-10H2,1-2H3,(H,18,22). The van der Waals surface area contributed by atoms with Crippen LogP contribution in [0.15, 0.2) is 29.6 Å². The highest BCUT2D eigenvalue weighted by Crippen LogP contribution is 2.15. The Bertz CT molecular complexity index is 821. The summed E-state index contributed by atoms with van der Waals surface area (Å²) in [5.41, 5.74) is 3.01. The Hall–Kier alpha value is -2.21. The Balaban J connectivity index is 1.47. The fraction of sp³-hybridized carbons (Fsp3) is 0.353. The molecule has 2 heterocycles. The number of hydrogen-bond acceptors (Lipinski definition) is 4. The van der Waals surface area contributed by atoms with E-state index in [0.29, 0.717) is 13.0 Å². The van der Waals surface area contributed by atoms with Gasteiger partial charge in [0.05, 0.1) is 28.2 Å². The van der Waals surface area contributed by atoms with Crippen LogP contribution in [0, 0.1) is 6.92 Å². The van der Waals surface area contributed by atoms with Gasteiger partial charge in [-0.15, -0.1) is 11.3 Å². The van der Waals surface area contributed by atoms with Crippen LogP contribution in [-0.2, 0) is 24.7 Å². The number of nitrogens with zero attached hydrogens (tertiary/aromatic N) is 3. The second kappa shape index (κ2) is 6.91. The van der Waals surface area contributed by atoms with Crippen LogP contribution in [0.1, 0.15) is 22.9 Å². The van der Waals surface area contributed by atoms with Gasteiger partial charge in [0.2, 0.25) is 5.91 Å². The number of para-hydroxylation sites is 2. The van der Waals surface area contributed by atoms with Gasteiger partial charge in [-0.1, -0.05) is 12.1 Å². The van der Waals surface area contributed by atoms with Gasteiger partial charge in [0, 0.05) is 25.4 Å². The Morgan fingerprint density at radius 1 is 1.30 bits per heavy atom. The minimum Gasteiger partial charge on any atom is -0.356 e. The molecule has 1 N–H and O–H groups in total. The third kappa shape index (κ3) is 3.76. The Labute approximate surface area is 139 Å². The number of aryl methyl sites for hydroxylation is 3. The zero-order valence-electron chi connectivity index (χ0n) is 13.4. The Morgan fingerprint density at radius 3 is 2.87 bits per heavy atom. The molecule has 0 radical (unpaired) electrons. The van der Waals surface area contributed by atoms with Crippen molar-refractivity contribution in [2.45, 2.75) is 26.2 Å². The molecule has 0 bridgehead atoms. The number of imidazole rings is 1. The Kier molecular flexibility index (Phi) is 4.71. The lowest BCUT2D eigenvalue weighted by atomic mass is 10.2. The van der Waals surface area contributed by atoms with Gasteiger partial charge in [0.1, 0.15) is 5.82 Å². The number of carbonyl (C=O) groups is 1. The SMILES string of the molecule is Cc1nc(CC(=O)NCCCc2nc3ccccc3n2C)cs1. The molecule has 5 nitrogen and oxygen atoms in total. The van der Waals surface area contributed by atoms with Crippen LogP contribution in [0.5, 0.6) is 0 Å². The van der Waals surface area contributed by atoms with Crippen LogP contribution in [-0.4, -0.2) is 27.0 Å². The smallest absolute Gasteiger partial charge is 0.226 e. The Morgan fingerprint density at radius 2 is 2.13 bits per heavy atom. The summed E-state index contributed by atoms with van der Waals surface area (Å²) in [4.78, 5) is 20.8. The number of benzene rings is 1. The summed E-state index contributed by atoms with van der Waals surface area (Å²) >= 11 is 1.57. The van der Waals surface area contributed by atoms with E-state index in [4.69, 9.17) is 0 Å².